The second-order valence-corrected chi connectivity index (χ2v) is 8.67. The van der Waals surface area contributed by atoms with Crippen molar-refractivity contribution in [2.24, 2.45) is 0 Å². The number of allylic oxidation sites excluding steroid dienone is 4. The molecule has 2 aromatic rings. The number of anilines is 1. The minimum Gasteiger partial charge on any atom is -0.481 e. The predicted octanol–water partition coefficient (Wildman–Crippen LogP) is 6.15. The third kappa shape index (κ3) is 6.10. The Morgan fingerprint density at radius 2 is 1.94 bits per heavy atom. The molecule has 0 amide bonds. The number of aromatic nitrogens is 1. The van der Waals surface area contributed by atoms with Crippen LogP contribution in [0.5, 0.6) is 0 Å². The van der Waals surface area contributed by atoms with Gasteiger partial charge in [0.25, 0.3) is 0 Å². The topological polar surface area (TPSA) is 53.4 Å². The van der Waals surface area contributed by atoms with Gasteiger partial charge in [-0.25, -0.2) is 4.98 Å². The summed E-state index contributed by atoms with van der Waals surface area (Å²) in [6.07, 6.45) is -9.74. The first kappa shape index (κ1) is 23.3. The van der Waals surface area contributed by atoms with E-state index in [1.54, 1.807) is 4.90 Å². The van der Waals surface area contributed by atoms with Crippen molar-refractivity contribution in [3.63, 3.8) is 0 Å². The molecule has 1 atom stereocenters. The van der Waals surface area contributed by atoms with E-state index >= 15 is 0 Å². The third-order valence-corrected chi connectivity index (χ3v) is 6.31. The van der Waals surface area contributed by atoms with Gasteiger partial charge in [-0.1, -0.05) is 12.1 Å². The highest BCUT2D eigenvalue weighted by Crippen LogP contribution is 2.43. The summed E-state index contributed by atoms with van der Waals surface area (Å²) in [7, 11) is 0. The molecule has 2 heterocycles. The van der Waals surface area contributed by atoms with Crippen LogP contribution >= 0.6 is 22.7 Å². The number of thiazole rings is 1. The predicted molar refractivity (Wildman–Crippen MR) is 105 cm³/mol. The van der Waals surface area contributed by atoms with Gasteiger partial charge in [0.05, 0.1) is 24.2 Å². The smallest absolute Gasteiger partial charge is 0.416 e. The number of halogens is 6. The zero-order valence-electron chi connectivity index (χ0n) is 15.7. The molecule has 0 fully saturated rings. The highest BCUT2D eigenvalue weighted by Gasteiger charge is 2.42. The van der Waals surface area contributed by atoms with Crippen molar-refractivity contribution in [1.82, 2.24) is 4.98 Å². The maximum Gasteiger partial charge on any atom is 0.416 e. The van der Waals surface area contributed by atoms with Crippen LogP contribution in [0.2, 0.25) is 0 Å². The maximum atomic E-state index is 13.2. The van der Waals surface area contributed by atoms with Gasteiger partial charge in [0.15, 0.2) is 5.13 Å². The van der Waals surface area contributed by atoms with E-state index in [-0.39, 0.29) is 24.7 Å². The van der Waals surface area contributed by atoms with Gasteiger partial charge < -0.3 is 10.0 Å². The van der Waals surface area contributed by atoms with Gasteiger partial charge in [-0.2, -0.15) is 26.3 Å². The zero-order chi connectivity index (χ0) is 22.8. The lowest BCUT2D eigenvalue weighted by Crippen LogP contribution is -2.25. The molecule has 168 valence electrons. The Balaban J connectivity index is 1.88. The molecule has 0 bridgehead atoms. The summed E-state index contributed by atoms with van der Waals surface area (Å²) in [5, 5.41) is 12.6. The zero-order valence-corrected chi connectivity index (χ0v) is 17.3. The molecule has 4 nitrogen and oxygen atoms in total. The summed E-state index contributed by atoms with van der Waals surface area (Å²) in [6, 6.07) is 3.66. The van der Waals surface area contributed by atoms with Gasteiger partial charge in [0, 0.05) is 28.3 Å². The van der Waals surface area contributed by atoms with Crippen LogP contribution in [0.1, 0.15) is 29.3 Å². The number of alkyl halides is 6. The second kappa shape index (κ2) is 9.03. The summed E-state index contributed by atoms with van der Waals surface area (Å²) >= 11 is 2.50. The molecule has 0 saturated heterocycles. The van der Waals surface area contributed by atoms with Gasteiger partial charge in [0.2, 0.25) is 0 Å². The highest BCUT2D eigenvalue weighted by molar-refractivity contribution is 7.13. The average Bonchev–Trinajstić information content (AvgIpc) is 3.35. The minimum absolute atomic E-state index is 0.0862. The summed E-state index contributed by atoms with van der Waals surface area (Å²) < 4.78 is 79.0. The quantitative estimate of drug-likeness (QED) is 0.481. The molecule has 12 heteroatoms. The molecule has 2 aromatic heterocycles. The first-order valence-electron chi connectivity index (χ1n) is 8.95. The number of carboxylic acid groups (broad SMARTS) is 1. The fourth-order valence-corrected chi connectivity index (χ4v) is 4.66. The molecule has 0 aromatic carbocycles. The maximum absolute atomic E-state index is 13.2. The molecule has 3 rings (SSSR count). The van der Waals surface area contributed by atoms with Crippen molar-refractivity contribution in [1.29, 1.82) is 0 Å². The molecule has 31 heavy (non-hydrogen) atoms. The van der Waals surface area contributed by atoms with E-state index in [1.165, 1.54) is 16.7 Å². The molecule has 0 radical (unpaired) electrons. The van der Waals surface area contributed by atoms with Crippen molar-refractivity contribution in [3.05, 3.63) is 56.8 Å². The molecule has 0 aliphatic heterocycles. The first-order chi connectivity index (χ1) is 14.4. The largest absolute Gasteiger partial charge is 0.481 e. The standard InChI is InChI=1S/C19H16F6N2O2S2/c20-18(21,22)12-6-11(7-13(8-12)19(23,24)25)15-10-31-17(26-15)27(4-3-16(28)29)9-14-2-1-5-30-14/h1-2,5-6,8,10-11H,3-4,7,9H2,(H,28,29). The van der Waals surface area contributed by atoms with Crippen LogP contribution in [-0.2, 0) is 11.3 Å². The number of hydrogen-bond donors (Lipinski definition) is 1. The van der Waals surface area contributed by atoms with Crippen molar-refractivity contribution < 1.29 is 36.2 Å². The fraction of sp³-hybridized carbons (Fsp3) is 0.368. The summed E-state index contributed by atoms with van der Waals surface area (Å²) in [5.41, 5.74) is -2.53. The lowest BCUT2D eigenvalue weighted by Gasteiger charge is -2.24. The molecule has 1 aliphatic rings. The second-order valence-electron chi connectivity index (χ2n) is 6.80. The van der Waals surface area contributed by atoms with Crippen LogP contribution in [0, 0.1) is 0 Å². The van der Waals surface area contributed by atoms with E-state index in [0.717, 1.165) is 22.3 Å². The SMILES string of the molecule is O=C(O)CCN(Cc1cccs1)c1nc(C2C=C(C(F)(F)F)C=C(C(F)(F)F)C2)cs1. The van der Waals surface area contributed by atoms with E-state index < -0.39 is 41.8 Å². The van der Waals surface area contributed by atoms with E-state index in [9.17, 15) is 31.1 Å². The Morgan fingerprint density at radius 1 is 1.19 bits per heavy atom. The Labute approximate surface area is 181 Å². The van der Waals surface area contributed by atoms with Crippen LogP contribution in [-0.4, -0.2) is 35.0 Å². The van der Waals surface area contributed by atoms with Crippen LogP contribution in [0.4, 0.5) is 31.5 Å². The van der Waals surface area contributed by atoms with Crippen LogP contribution in [0.3, 0.4) is 0 Å². The Hall–Kier alpha value is -2.34. The monoisotopic (exact) mass is 482 g/mol. The molecule has 0 saturated carbocycles. The summed E-state index contributed by atoms with van der Waals surface area (Å²) in [5.74, 6) is -2.22. The van der Waals surface area contributed by atoms with E-state index in [1.807, 2.05) is 17.5 Å². The highest BCUT2D eigenvalue weighted by atomic mass is 32.1. The Kier molecular flexibility index (Phi) is 6.79. The van der Waals surface area contributed by atoms with Crippen molar-refractivity contribution >= 4 is 33.8 Å². The molecule has 1 aliphatic carbocycles. The number of carboxylic acids is 1. The normalized spacial score (nSPS) is 17.3. The Bertz CT molecular complexity index is 976. The van der Waals surface area contributed by atoms with Crippen molar-refractivity contribution in [2.75, 3.05) is 11.4 Å². The Morgan fingerprint density at radius 3 is 2.52 bits per heavy atom. The van der Waals surface area contributed by atoms with Crippen molar-refractivity contribution in [3.8, 4) is 0 Å². The molecular formula is C19H16F6N2O2S2. The number of rotatable bonds is 7. The van der Waals surface area contributed by atoms with Crippen LogP contribution < -0.4 is 4.90 Å². The van der Waals surface area contributed by atoms with Gasteiger partial charge in [0.1, 0.15) is 0 Å². The average molecular weight is 482 g/mol. The number of thiophene rings is 1. The lowest BCUT2D eigenvalue weighted by molar-refractivity contribution is -0.136. The minimum atomic E-state index is -4.92. The number of hydrogen-bond acceptors (Lipinski definition) is 5. The third-order valence-electron chi connectivity index (χ3n) is 4.52. The van der Waals surface area contributed by atoms with E-state index in [4.69, 9.17) is 5.11 Å². The van der Waals surface area contributed by atoms with Gasteiger partial charge in [-0.05, 0) is 23.9 Å². The van der Waals surface area contributed by atoms with Crippen LogP contribution in [0.15, 0.2) is 46.2 Å². The van der Waals surface area contributed by atoms with Crippen molar-refractivity contribution in [2.45, 2.75) is 37.7 Å². The number of nitrogens with zero attached hydrogens (tertiary/aromatic N) is 2. The summed E-state index contributed by atoms with van der Waals surface area (Å²) in [4.78, 5) is 17.8. The lowest BCUT2D eigenvalue weighted by atomic mass is 9.88. The van der Waals surface area contributed by atoms with Gasteiger partial charge in [-0.3, -0.25) is 4.79 Å². The molecule has 1 unspecified atom stereocenters. The summed E-state index contributed by atoms with van der Waals surface area (Å²) in [6.45, 7) is 0.433. The fourth-order valence-electron chi connectivity index (χ4n) is 3.03. The first-order valence-corrected chi connectivity index (χ1v) is 10.7. The van der Waals surface area contributed by atoms with E-state index in [2.05, 4.69) is 4.98 Å². The van der Waals surface area contributed by atoms with Gasteiger partial charge in [-0.15, -0.1) is 22.7 Å². The molecule has 0 spiro atoms. The number of carbonyl (C=O) groups is 1. The van der Waals surface area contributed by atoms with E-state index in [0.29, 0.717) is 11.7 Å². The number of aliphatic carboxylic acids is 1. The van der Waals surface area contributed by atoms with Crippen LogP contribution in [0.25, 0.3) is 0 Å². The van der Waals surface area contributed by atoms with Gasteiger partial charge >= 0.3 is 18.3 Å². The molecular weight excluding hydrogens is 466 g/mol. The molecule has 1 N–H and O–H groups in total.